The van der Waals surface area contributed by atoms with Gasteiger partial charge in [-0.3, -0.25) is 0 Å². The van der Waals surface area contributed by atoms with Crippen molar-refractivity contribution in [3.8, 4) is 0 Å². The van der Waals surface area contributed by atoms with Crippen molar-refractivity contribution in [2.75, 3.05) is 53.1 Å². The molecule has 0 aliphatic carbocycles. The van der Waals surface area contributed by atoms with Crippen LogP contribution in [-0.4, -0.2) is 64.1 Å². The second-order valence-corrected chi connectivity index (χ2v) is 5.56. The highest BCUT2D eigenvalue weighted by Gasteiger charge is 2.21. The van der Waals surface area contributed by atoms with Gasteiger partial charge in [-0.05, 0) is 31.8 Å². The lowest BCUT2D eigenvalue weighted by Crippen LogP contribution is -2.42. The Morgan fingerprint density at radius 3 is 2.89 bits per heavy atom. The van der Waals surface area contributed by atoms with Crippen LogP contribution < -0.4 is 5.32 Å². The largest absolute Gasteiger partial charge is 0.382 e. The minimum atomic E-state index is 0.655. The second kappa shape index (κ2) is 10.6. The molecule has 1 fully saturated rings. The summed E-state index contributed by atoms with van der Waals surface area (Å²) >= 11 is 0. The van der Waals surface area contributed by atoms with Gasteiger partial charge >= 0.3 is 0 Å². The summed E-state index contributed by atoms with van der Waals surface area (Å²) in [6, 6.07) is 0.655. The highest BCUT2D eigenvalue weighted by atomic mass is 16.5. The van der Waals surface area contributed by atoms with Crippen molar-refractivity contribution in [3.05, 3.63) is 0 Å². The summed E-state index contributed by atoms with van der Waals surface area (Å²) in [5.41, 5.74) is 0. The van der Waals surface area contributed by atoms with E-state index < -0.39 is 0 Å². The predicted molar refractivity (Wildman–Crippen MR) is 79.6 cm³/mol. The number of hydrogen-bond acceptors (Lipinski definition) is 4. The molecule has 1 aliphatic heterocycles. The third kappa shape index (κ3) is 7.25. The number of nitrogens with one attached hydrogen (secondary N) is 1. The van der Waals surface area contributed by atoms with Crippen LogP contribution in [0.25, 0.3) is 0 Å². The molecule has 4 heteroatoms. The van der Waals surface area contributed by atoms with Gasteiger partial charge in [0.15, 0.2) is 0 Å². The molecule has 0 spiro atoms. The summed E-state index contributed by atoms with van der Waals surface area (Å²) in [5.74, 6) is 0.763. The molecule has 1 heterocycles. The van der Waals surface area contributed by atoms with Crippen LogP contribution in [0, 0.1) is 5.92 Å². The van der Waals surface area contributed by atoms with Crippen LogP contribution in [0.2, 0.25) is 0 Å². The van der Waals surface area contributed by atoms with Crippen LogP contribution in [0.1, 0.15) is 33.1 Å². The second-order valence-electron chi connectivity index (χ2n) is 5.56. The number of methoxy groups -OCH3 is 1. The first kappa shape index (κ1) is 16.9. The Morgan fingerprint density at radius 2 is 2.16 bits per heavy atom. The van der Waals surface area contributed by atoms with Crippen LogP contribution in [-0.2, 0) is 9.47 Å². The molecule has 0 saturated carbocycles. The van der Waals surface area contributed by atoms with E-state index in [2.05, 4.69) is 24.1 Å². The molecule has 0 radical (unpaired) electrons. The Bertz CT molecular complexity index is 214. The van der Waals surface area contributed by atoms with Gasteiger partial charge in [-0.2, -0.15) is 0 Å². The fourth-order valence-electron chi connectivity index (χ4n) is 2.53. The van der Waals surface area contributed by atoms with Crippen molar-refractivity contribution in [1.29, 1.82) is 0 Å². The van der Waals surface area contributed by atoms with Gasteiger partial charge in [0.05, 0.1) is 13.2 Å². The molecule has 1 saturated heterocycles. The Kier molecular flexibility index (Phi) is 9.43. The number of rotatable bonds is 9. The van der Waals surface area contributed by atoms with Crippen LogP contribution in [0.4, 0.5) is 0 Å². The maximum atomic E-state index is 5.52. The Hall–Kier alpha value is -0.160. The molecule has 0 amide bonds. The summed E-state index contributed by atoms with van der Waals surface area (Å²) in [7, 11) is 1.71. The molecule has 2 atom stereocenters. The third-order valence-corrected chi connectivity index (χ3v) is 4.04. The topological polar surface area (TPSA) is 33.7 Å². The van der Waals surface area contributed by atoms with Crippen LogP contribution >= 0.6 is 0 Å². The minimum Gasteiger partial charge on any atom is -0.382 e. The van der Waals surface area contributed by atoms with E-state index in [0.717, 1.165) is 32.0 Å². The standard InChI is InChI=1S/C15H32N2O2/c1-4-14(2)15-13-17(8-5-7-16-15)9-6-10-19-12-11-18-3/h14-16H,4-13H2,1-3H3. The molecule has 19 heavy (non-hydrogen) atoms. The van der Waals surface area contributed by atoms with Crippen molar-refractivity contribution in [1.82, 2.24) is 10.2 Å². The Labute approximate surface area is 118 Å². The molecule has 2 unspecified atom stereocenters. The monoisotopic (exact) mass is 272 g/mol. The first-order valence-corrected chi connectivity index (χ1v) is 7.80. The molecule has 1 N–H and O–H groups in total. The van der Waals surface area contributed by atoms with Crippen molar-refractivity contribution in [2.45, 2.75) is 39.2 Å². The van der Waals surface area contributed by atoms with Crippen molar-refractivity contribution in [3.63, 3.8) is 0 Å². The van der Waals surface area contributed by atoms with Crippen LogP contribution in [0.3, 0.4) is 0 Å². The van der Waals surface area contributed by atoms with Gasteiger partial charge in [0.2, 0.25) is 0 Å². The van der Waals surface area contributed by atoms with Crippen molar-refractivity contribution in [2.24, 2.45) is 5.92 Å². The Morgan fingerprint density at radius 1 is 1.32 bits per heavy atom. The zero-order valence-corrected chi connectivity index (χ0v) is 13.0. The first-order valence-electron chi connectivity index (χ1n) is 7.80. The molecule has 0 bridgehead atoms. The van der Waals surface area contributed by atoms with Gasteiger partial charge in [0.25, 0.3) is 0 Å². The molecular weight excluding hydrogens is 240 g/mol. The maximum absolute atomic E-state index is 5.52. The van der Waals surface area contributed by atoms with E-state index in [1.807, 2.05) is 0 Å². The summed E-state index contributed by atoms with van der Waals surface area (Å²) in [6.45, 7) is 11.6. The molecular formula is C15H32N2O2. The van der Waals surface area contributed by atoms with Crippen molar-refractivity contribution >= 4 is 0 Å². The van der Waals surface area contributed by atoms with Crippen molar-refractivity contribution < 1.29 is 9.47 Å². The van der Waals surface area contributed by atoms with Gasteiger partial charge in [-0.1, -0.05) is 20.3 Å². The lowest BCUT2D eigenvalue weighted by atomic mass is 9.99. The average molecular weight is 272 g/mol. The van der Waals surface area contributed by atoms with E-state index in [4.69, 9.17) is 9.47 Å². The summed E-state index contributed by atoms with van der Waals surface area (Å²) < 4.78 is 10.5. The average Bonchev–Trinajstić information content (AvgIpc) is 2.67. The Balaban J connectivity index is 2.16. The minimum absolute atomic E-state index is 0.655. The first-order chi connectivity index (χ1) is 9.27. The van der Waals surface area contributed by atoms with E-state index in [1.165, 1.54) is 25.9 Å². The lowest BCUT2D eigenvalue weighted by molar-refractivity contribution is 0.0648. The van der Waals surface area contributed by atoms with Gasteiger partial charge in [0.1, 0.15) is 0 Å². The zero-order valence-electron chi connectivity index (χ0n) is 13.0. The predicted octanol–water partition coefficient (Wildman–Crippen LogP) is 1.75. The number of nitrogens with zero attached hydrogens (tertiary/aromatic N) is 1. The SMILES string of the molecule is CCC(C)C1CN(CCCOCCOC)CCCN1. The van der Waals surface area contributed by atoms with E-state index >= 15 is 0 Å². The van der Waals surface area contributed by atoms with Gasteiger partial charge in [0, 0.05) is 32.8 Å². The van der Waals surface area contributed by atoms with Gasteiger partial charge in [-0.15, -0.1) is 0 Å². The van der Waals surface area contributed by atoms with E-state index in [-0.39, 0.29) is 0 Å². The van der Waals surface area contributed by atoms with Gasteiger partial charge < -0.3 is 19.7 Å². The van der Waals surface area contributed by atoms with Crippen LogP contribution in [0.15, 0.2) is 0 Å². The molecule has 0 aromatic carbocycles. The van der Waals surface area contributed by atoms with E-state index in [9.17, 15) is 0 Å². The summed E-state index contributed by atoms with van der Waals surface area (Å²) in [4.78, 5) is 2.59. The highest BCUT2D eigenvalue weighted by Crippen LogP contribution is 2.12. The summed E-state index contributed by atoms with van der Waals surface area (Å²) in [5, 5.41) is 3.69. The van der Waals surface area contributed by atoms with E-state index in [1.54, 1.807) is 7.11 Å². The molecule has 114 valence electrons. The molecule has 0 aromatic rings. The fraction of sp³-hybridized carbons (Fsp3) is 1.00. The smallest absolute Gasteiger partial charge is 0.0700 e. The molecule has 4 nitrogen and oxygen atoms in total. The number of ether oxygens (including phenoxy) is 2. The van der Waals surface area contributed by atoms with E-state index in [0.29, 0.717) is 19.3 Å². The molecule has 1 aliphatic rings. The molecule has 0 aromatic heterocycles. The maximum Gasteiger partial charge on any atom is 0.0700 e. The normalized spacial score (nSPS) is 23.2. The zero-order chi connectivity index (χ0) is 13.9. The lowest BCUT2D eigenvalue weighted by Gasteiger charge is -2.28. The fourth-order valence-corrected chi connectivity index (χ4v) is 2.53. The van der Waals surface area contributed by atoms with Gasteiger partial charge in [-0.25, -0.2) is 0 Å². The molecule has 1 rings (SSSR count). The summed E-state index contributed by atoms with van der Waals surface area (Å²) in [6.07, 6.45) is 3.64. The van der Waals surface area contributed by atoms with Crippen LogP contribution in [0.5, 0.6) is 0 Å². The highest BCUT2D eigenvalue weighted by molar-refractivity contribution is 4.80. The third-order valence-electron chi connectivity index (χ3n) is 4.04. The quantitative estimate of drug-likeness (QED) is 0.648. The number of hydrogen-bond donors (Lipinski definition) is 1.